The van der Waals surface area contributed by atoms with Crippen LogP contribution in [0.5, 0.6) is 0 Å². The van der Waals surface area contributed by atoms with Crippen LogP contribution in [0.3, 0.4) is 0 Å². The Hall–Kier alpha value is -0.710. The van der Waals surface area contributed by atoms with E-state index in [1.165, 1.54) is 12.1 Å². The van der Waals surface area contributed by atoms with Gasteiger partial charge in [0.1, 0.15) is 5.82 Å². The Balaban J connectivity index is 2.28. The second-order valence-electron chi connectivity index (χ2n) is 3.20. The first kappa shape index (κ1) is 10.8. The predicted molar refractivity (Wildman–Crippen MR) is 64.4 cm³/mol. The molecular formula is C11H9BrFNS. The zero-order valence-corrected chi connectivity index (χ0v) is 10.2. The van der Waals surface area contributed by atoms with Crippen LogP contribution in [0.4, 0.5) is 4.39 Å². The van der Waals surface area contributed by atoms with Gasteiger partial charge in [-0.1, -0.05) is 12.1 Å². The van der Waals surface area contributed by atoms with Crippen LogP contribution in [0.25, 0.3) is 0 Å². The molecule has 0 bridgehead atoms. The molecule has 2 N–H and O–H groups in total. The predicted octanol–water partition coefficient (Wildman–Crippen LogP) is 3.70. The molecule has 0 radical (unpaired) electrons. The van der Waals surface area contributed by atoms with Gasteiger partial charge in [0.25, 0.3) is 0 Å². The van der Waals surface area contributed by atoms with E-state index >= 15 is 0 Å². The molecule has 4 heteroatoms. The Morgan fingerprint density at radius 3 is 2.47 bits per heavy atom. The molecule has 0 saturated carbocycles. The molecule has 0 fully saturated rings. The van der Waals surface area contributed by atoms with Crippen molar-refractivity contribution in [1.82, 2.24) is 0 Å². The molecule has 2 rings (SSSR count). The maximum Gasteiger partial charge on any atom is 0.123 e. The Labute approximate surface area is 99.9 Å². The highest BCUT2D eigenvalue weighted by atomic mass is 79.9. The van der Waals surface area contributed by atoms with Gasteiger partial charge >= 0.3 is 0 Å². The fraction of sp³-hybridized carbons (Fsp3) is 0.0909. The van der Waals surface area contributed by atoms with Crippen LogP contribution in [0.15, 0.2) is 40.2 Å². The summed E-state index contributed by atoms with van der Waals surface area (Å²) in [6, 6.07) is 8.09. The van der Waals surface area contributed by atoms with E-state index in [4.69, 9.17) is 5.73 Å². The molecule has 0 aliphatic heterocycles. The molecule has 0 aliphatic rings. The molecule has 0 amide bonds. The lowest BCUT2D eigenvalue weighted by Gasteiger charge is -2.09. The third-order valence-electron chi connectivity index (χ3n) is 2.12. The summed E-state index contributed by atoms with van der Waals surface area (Å²) in [7, 11) is 0. The molecule has 0 spiro atoms. The van der Waals surface area contributed by atoms with Gasteiger partial charge in [0.15, 0.2) is 0 Å². The van der Waals surface area contributed by atoms with Crippen LogP contribution in [-0.4, -0.2) is 0 Å². The minimum absolute atomic E-state index is 0.179. The highest BCUT2D eigenvalue weighted by molar-refractivity contribution is 9.10. The van der Waals surface area contributed by atoms with Crippen molar-refractivity contribution in [3.63, 3.8) is 0 Å². The molecule has 1 heterocycles. The molecule has 0 saturated heterocycles. The van der Waals surface area contributed by atoms with Gasteiger partial charge in [-0.3, -0.25) is 0 Å². The van der Waals surface area contributed by atoms with Crippen LogP contribution in [-0.2, 0) is 0 Å². The van der Waals surface area contributed by atoms with Gasteiger partial charge < -0.3 is 5.73 Å². The smallest absolute Gasteiger partial charge is 0.123 e. The summed E-state index contributed by atoms with van der Waals surface area (Å²) in [4.78, 5) is 1.06. The van der Waals surface area contributed by atoms with Crippen LogP contribution >= 0.6 is 27.3 Å². The molecule has 1 atom stereocenters. The normalized spacial score (nSPS) is 12.7. The van der Waals surface area contributed by atoms with Gasteiger partial charge in [-0.25, -0.2) is 4.39 Å². The Kier molecular flexibility index (Phi) is 3.19. The van der Waals surface area contributed by atoms with Crippen molar-refractivity contribution in [2.75, 3.05) is 0 Å². The first-order valence-corrected chi connectivity index (χ1v) is 6.09. The van der Waals surface area contributed by atoms with Gasteiger partial charge in [-0.2, -0.15) is 0 Å². The number of rotatable bonds is 2. The highest BCUT2D eigenvalue weighted by Crippen LogP contribution is 2.28. The van der Waals surface area contributed by atoms with Crippen molar-refractivity contribution in [3.05, 3.63) is 56.4 Å². The number of nitrogens with two attached hydrogens (primary N) is 1. The van der Waals surface area contributed by atoms with E-state index in [9.17, 15) is 4.39 Å². The molecule has 15 heavy (non-hydrogen) atoms. The van der Waals surface area contributed by atoms with E-state index in [2.05, 4.69) is 15.9 Å². The zero-order valence-electron chi connectivity index (χ0n) is 7.78. The second kappa shape index (κ2) is 4.43. The standard InChI is InChI=1S/C11H9BrFNS/c12-8-5-10(15-6-8)11(14)7-1-3-9(13)4-2-7/h1-6,11H,14H2. The number of thiophene rings is 1. The minimum atomic E-state index is -0.238. The molecule has 2 aromatic rings. The van der Waals surface area contributed by atoms with Crippen molar-refractivity contribution in [1.29, 1.82) is 0 Å². The van der Waals surface area contributed by atoms with E-state index in [1.54, 1.807) is 23.5 Å². The maximum absolute atomic E-state index is 12.7. The van der Waals surface area contributed by atoms with E-state index in [0.29, 0.717) is 0 Å². The number of hydrogen-bond donors (Lipinski definition) is 1. The maximum atomic E-state index is 12.7. The number of halogens is 2. The van der Waals surface area contributed by atoms with Gasteiger partial charge in [0.05, 0.1) is 6.04 Å². The lowest BCUT2D eigenvalue weighted by atomic mass is 10.1. The molecule has 1 aromatic carbocycles. The van der Waals surface area contributed by atoms with Crippen LogP contribution < -0.4 is 5.73 Å². The summed E-state index contributed by atoms with van der Waals surface area (Å²) >= 11 is 4.97. The van der Waals surface area contributed by atoms with E-state index in [-0.39, 0.29) is 11.9 Å². The Morgan fingerprint density at radius 2 is 1.93 bits per heavy atom. The average molecular weight is 286 g/mol. The average Bonchev–Trinajstić information content (AvgIpc) is 2.65. The van der Waals surface area contributed by atoms with E-state index in [1.807, 2.05) is 11.4 Å². The zero-order chi connectivity index (χ0) is 10.8. The number of benzene rings is 1. The van der Waals surface area contributed by atoms with E-state index in [0.717, 1.165) is 14.9 Å². The fourth-order valence-corrected chi connectivity index (χ4v) is 2.80. The molecule has 1 aromatic heterocycles. The van der Waals surface area contributed by atoms with Crippen molar-refractivity contribution < 1.29 is 4.39 Å². The molecule has 78 valence electrons. The third kappa shape index (κ3) is 2.45. The summed E-state index contributed by atoms with van der Waals surface area (Å²) in [5, 5.41) is 1.98. The summed E-state index contributed by atoms with van der Waals surface area (Å²) in [5.74, 6) is -0.238. The number of hydrogen-bond acceptors (Lipinski definition) is 2. The topological polar surface area (TPSA) is 26.0 Å². The Morgan fingerprint density at radius 1 is 1.27 bits per heavy atom. The first-order chi connectivity index (χ1) is 7.16. The lowest BCUT2D eigenvalue weighted by molar-refractivity contribution is 0.626. The SMILES string of the molecule is NC(c1ccc(F)cc1)c1cc(Br)cs1. The van der Waals surface area contributed by atoms with Crippen molar-refractivity contribution in [2.24, 2.45) is 5.73 Å². The molecule has 1 unspecified atom stereocenters. The Bertz CT molecular complexity index is 452. The molecule has 1 nitrogen and oxygen atoms in total. The van der Waals surface area contributed by atoms with Gasteiger partial charge in [-0.05, 0) is 39.7 Å². The lowest BCUT2D eigenvalue weighted by Crippen LogP contribution is -2.09. The quantitative estimate of drug-likeness (QED) is 0.895. The van der Waals surface area contributed by atoms with Crippen LogP contribution in [0.2, 0.25) is 0 Å². The monoisotopic (exact) mass is 285 g/mol. The van der Waals surface area contributed by atoms with Crippen molar-refractivity contribution in [2.45, 2.75) is 6.04 Å². The van der Waals surface area contributed by atoms with Crippen LogP contribution in [0, 0.1) is 5.82 Å². The molecule has 0 aliphatic carbocycles. The van der Waals surface area contributed by atoms with Gasteiger partial charge in [0, 0.05) is 14.7 Å². The fourth-order valence-electron chi connectivity index (χ4n) is 1.33. The first-order valence-electron chi connectivity index (χ1n) is 4.42. The minimum Gasteiger partial charge on any atom is -0.320 e. The van der Waals surface area contributed by atoms with Crippen LogP contribution in [0.1, 0.15) is 16.5 Å². The van der Waals surface area contributed by atoms with Crippen molar-refractivity contribution >= 4 is 27.3 Å². The van der Waals surface area contributed by atoms with Gasteiger partial charge in [0.2, 0.25) is 0 Å². The van der Waals surface area contributed by atoms with E-state index < -0.39 is 0 Å². The summed E-state index contributed by atoms with van der Waals surface area (Å²) < 4.78 is 13.7. The summed E-state index contributed by atoms with van der Waals surface area (Å²) in [5.41, 5.74) is 6.97. The van der Waals surface area contributed by atoms with Gasteiger partial charge in [-0.15, -0.1) is 11.3 Å². The highest BCUT2D eigenvalue weighted by Gasteiger charge is 2.10. The second-order valence-corrected chi connectivity index (χ2v) is 5.06. The molecular weight excluding hydrogens is 277 g/mol. The van der Waals surface area contributed by atoms with Crippen molar-refractivity contribution in [3.8, 4) is 0 Å². The third-order valence-corrected chi connectivity index (χ3v) is 3.90. The largest absolute Gasteiger partial charge is 0.320 e. The summed E-state index contributed by atoms with van der Waals surface area (Å²) in [6.07, 6.45) is 0. The summed E-state index contributed by atoms with van der Waals surface area (Å²) in [6.45, 7) is 0.